The average molecular weight is 349 g/mol. The van der Waals surface area contributed by atoms with Gasteiger partial charge < -0.3 is 14.1 Å². The first kappa shape index (κ1) is 16.9. The lowest BCUT2D eigenvalue weighted by molar-refractivity contribution is -0.144. The van der Waals surface area contributed by atoms with Gasteiger partial charge in [-0.15, -0.1) is 0 Å². The summed E-state index contributed by atoms with van der Waals surface area (Å²) in [6, 6.07) is 20.0. The molecule has 0 aliphatic carbocycles. The molecule has 0 bridgehead atoms. The molecule has 1 aliphatic rings. The van der Waals surface area contributed by atoms with Crippen LogP contribution in [0.5, 0.6) is 0 Å². The molecule has 0 saturated carbocycles. The third kappa shape index (κ3) is 3.37. The average Bonchev–Trinajstić information content (AvgIpc) is 3.35. The van der Waals surface area contributed by atoms with E-state index in [0.717, 1.165) is 35.1 Å². The Kier molecular flexibility index (Phi) is 4.76. The van der Waals surface area contributed by atoms with Gasteiger partial charge in [0.1, 0.15) is 17.4 Å². The Labute approximate surface area is 153 Å². The standard InChI is InChI=1S/C22H23NO3/c1-16(17-8-3-2-4-9-17)23(22(24)21-12-7-13-25-21)15-19-14-18-10-5-6-11-20(18)26-19/h2-6,8-11,14,16,21H,7,12-13,15H2,1H3/t16-,21+/m0/s1. The van der Waals surface area contributed by atoms with Crippen molar-refractivity contribution in [3.8, 4) is 0 Å². The van der Waals surface area contributed by atoms with Crippen molar-refractivity contribution >= 4 is 16.9 Å². The lowest BCUT2D eigenvalue weighted by atomic mass is 10.1. The summed E-state index contributed by atoms with van der Waals surface area (Å²) in [5.41, 5.74) is 1.95. The van der Waals surface area contributed by atoms with Gasteiger partial charge in [0.05, 0.1) is 12.6 Å². The quantitative estimate of drug-likeness (QED) is 0.670. The molecule has 1 saturated heterocycles. The summed E-state index contributed by atoms with van der Waals surface area (Å²) >= 11 is 0. The molecule has 2 atom stereocenters. The van der Waals surface area contributed by atoms with Gasteiger partial charge in [-0.25, -0.2) is 0 Å². The minimum absolute atomic E-state index is 0.0410. The van der Waals surface area contributed by atoms with Crippen LogP contribution in [-0.4, -0.2) is 23.5 Å². The van der Waals surface area contributed by atoms with Crippen LogP contribution in [-0.2, 0) is 16.1 Å². The highest BCUT2D eigenvalue weighted by atomic mass is 16.5. The molecule has 4 heteroatoms. The van der Waals surface area contributed by atoms with Gasteiger partial charge in [0, 0.05) is 12.0 Å². The maximum Gasteiger partial charge on any atom is 0.252 e. The van der Waals surface area contributed by atoms with Crippen molar-refractivity contribution in [1.82, 2.24) is 4.90 Å². The Morgan fingerprint density at radius 3 is 2.65 bits per heavy atom. The molecule has 4 rings (SSSR count). The third-order valence-electron chi connectivity index (χ3n) is 5.04. The van der Waals surface area contributed by atoms with Gasteiger partial charge in [0.2, 0.25) is 0 Å². The van der Waals surface area contributed by atoms with Gasteiger partial charge in [-0.1, -0.05) is 48.5 Å². The Balaban J connectivity index is 1.63. The third-order valence-corrected chi connectivity index (χ3v) is 5.04. The van der Waals surface area contributed by atoms with E-state index in [9.17, 15) is 4.79 Å². The number of hydrogen-bond donors (Lipinski definition) is 0. The van der Waals surface area contributed by atoms with Crippen LogP contribution in [0.3, 0.4) is 0 Å². The minimum atomic E-state index is -0.342. The molecule has 1 aliphatic heterocycles. The molecule has 26 heavy (non-hydrogen) atoms. The topological polar surface area (TPSA) is 42.7 Å². The molecule has 2 aromatic carbocycles. The van der Waals surface area contributed by atoms with Crippen LogP contribution < -0.4 is 0 Å². The Hall–Kier alpha value is -2.59. The Bertz CT molecular complexity index is 848. The fourth-order valence-electron chi connectivity index (χ4n) is 3.56. The van der Waals surface area contributed by atoms with Crippen molar-refractivity contribution in [3.05, 3.63) is 72.0 Å². The largest absolute Gasteiger partial charge is 0.459 e. The monoisotopic (exact) mass is 349 g/mol. The maximum absolute atomic E-state index is 13.1. The SMILES string of the molecule is C[C@@H](c1ccccc1)N(Cc1cc2ccccc2o1)C(=O)[C@H]1CCCO1. The first-order chi connectivity index (χ1) is 12.7. The molecule has 1 aromatic heterocycles. The van der Waals surface area contributed by atoms with E-state index in [2.05, 4.69) is 19.1 Å². The second-order valence-electron chi connectivity index (χ2n) is 6.80. The van der Waals surface area contributed by atoms with Crippen molar-refractivity contribution < 1.29 is 13.9 Å². The van der Waals surface area contributed by atoms with Crippen molar-refractivity contribution in [2.45, 2.75) is 38.5 Å². The molecule has 1 fully saturated rings. The molecule has 2 heterocycles. The fourth-order valence-corrected chi connectivity index (χ4v) is 3.56. The van der Waals surface area contributed by atoms with Crippen molar-refractivity contribution in [2.24, 2.45) is 0 Å². The van der Waals surface area contributed by atoms with Crippen LogP contribution in [0.2, 0.25) is 0 Å². The normalized spacial score (nSPS) is 18.1. The molecule has 0 N–H and O–H groups in total. The molecule has 1 amide bonds. The predicted molar refractivity (Wildman–Crippen MR) is 101 cm³/mol. The summed E-state index contributed by atoms with van der Waals surface area (Å²) in [6.45, 7) is 3.16. The second-order valence-corrected chi connectivity index (χ2v) is 6.80. The number of rotatable bonds is 5. The zero-order chi connectivity index (χ0) is 17.9. The molecule has 0 unspecified atom stereocenters. The number of benzene rings is 2. The van der Waals surface area contributed by atoms with E-state index in [0.29, 0.717) is 13.2 Å². The summed E-state index contributed by atoms with van der Waals surface area (Å²) in [7, 11) is 0. The van der Waals surface area contributed by atoms with Crippen LogP contribution in [0.4, 0.5) is 0 Å². The number of fused-ring (bicyclic) bond motifs is 1. The van der Waals surface area contributed by atoms with Gasteiger partial charge in [0.25, 0.3) is 5.91 Å². The molecular formula is C22H23NO3. The highest BCUT2D eigenvalue weighted by Gasteiger charge is 2.32. The van der Waals surface area contributed by atoms with Crippen LogP contribution in [0.25, 0.3) is 11.0 Å². The highest BCUT2D eigenvalue weighted by Crippen LogP contribution is 2.28. The Morgan fingerprint density at radius 2 is 1.92 bits per heavy atom. The van der Waals surface area contributed by atoms with E-state index in [1.807, 2.05) is 53.4 Å². The van der Waals surface area contributed by atoms with Crippen LogP contribution >= 0.6 is 0 Å². The molecule has 0 spiro atoms. The van der Waals surface area contributed by atoms with Crippen LogP contribution in [0, 0.1) is 0 Å². The fraction of sp³-hybridized carbons (Fsp3) is 0.318. The molecule has 0 radical (unpaired) electrons. The maximum atomic E-state index is 13.1. The highest BCUT2D eigenvalue weighted by molar-refractivity contribution is 5.82. The number of furan rings is 1. The summed E-state index contributed by atoms with van der Waals surface area (Å²) in [5.74, 6) is 0.833. The van der Waals surface area contributed by atoms with Gasteiger partial charge in [-0.2, -0.15) is 0 Å². The van der Waals surface area contributed by atoms with Crippen molar-refractivity contribution in [2.75, 3.05) is 6.61 Å². The predicted octanol–water partition coefficient (Wildman–Crippen LogP) is 4.70. The smallest absolute Gasteiger partial charge is 0.252 e. The number of hydrogen-bond acceptors (Lipinski definition) is 3. The number of ether oxygens (including phenoxy) is 1. The van der Waals surface area contributed by atoms with Gasteiger partial charge in [-0.3, -0.25) is 4.79 Å². The zero-order valence-electron chi connectivity index (χ0n) is 14.9. The van der Waals surface area contributed by atoms with Gasteiger partial charge >= 0.3 is 0 Å². The number of carbonyl (C=O) groups excluding carboxylic acids is 1. The van der Waals surface area contributed by atoms with E-state index >= 15 is 0 Å². The minimum Gasteiger partial charge on any atom is -0.459 e. The lowest BCUT2D eigenvalue weighted by Gasteiger charge is -2.31. The zero-order valence-corrected chi connectivity index (χ0v) is 14.9. The van der Waals surface area contributed by atoms with E-state index in [-0.39, 0.29) is 18.1 Å². The lowest BCUT2D eigenvalue weighted by Crippen LogP contribution is -2.40. The first-order valence-corrected chi connectivity index (χ1v) is 9.17. The molecular weight excluding hydrogens is 326 g/mol. The number of para-hydroxylation sites is 1. The molecule has 4 nitrogen and oxygen atoms in total. The first-order valence-electron chi connectivity index (χ1n) is 9.17. The second kappa shape index (κ2) is 7.34. The number of carbonyl (C=O) groups is 1. The Morgan fingerprint density at radius 1 is 1.15 bits per heavy atom. The van der Waals surface area contributed by atoms with Crippen molar-refractivity contribution in [3.63, 3.8) is 0 Å². The van der Waals surface area contributed by atoms with E-state index in [1.165, 1.54) is 0 Å². The van der Waals surface area contributed by atoms with Crippen LogP contribution in [0.1, 0.15) is 37.1 Å². The summed E-state index contributed by atoms with van der Waals surface area (Å²) in [4.78, 5) is 15.0. The van der Waals surface area contributed by atoms with E-state index in [1.54, 1.807) is 0 Å². The summed E-state index contributed by atoms with van der Waals surface area (Å²) in [6.07, 6.45) is 1.39. The summed E-state index contributed by atoms with van der Waals surface area (Å²) in [5, 5.41) is 1.05. The van der Waals surface area contributed by atoms with E-state index < -0.39 is 0 Å². The molecule has 134 valence electrons. The van der Waals surface area contributed by atoms with Gasteiger partial charge in [-0.05, 0) is 37.5 Å². The summed E-state index contributed by atoms with van der Waals surface area (Å²) < 4.78 is 11.6. The number of amides is 1. The van der Waals surface area contributed by atoms with E-state index in [4.69, 9.17) is 9.15 Å². The molecule has 3 aromatic rings. The number of nitrogens with zero attached hydrogens (tertiary/aromatic N) is 1. The van der Waals surface area contributed by atoms with Crippen LogP contribution in [0.15, 0.2) is 65.1 Å². The van der Waals surface area contributed by atoms with Crippen molar-refractivity contribution in [1.29, 1.82) is 0 Å². The van der Waals surface area contributed by atoms with Gasteiger partial charge in [0.15, 0.2) is 0 Å².